The summed E-state index contributed by atoms with van der Waals surface area (Å²) in [6.07, 6.45) is 0.241. The fourth-order valence-electron chi connectivity index (χ4n) is 2.56. The first-order chi connectivity index (χ1) is 12.3. The third-order valence-corrected chi connectivity index (χ3v) is 4.11. The summed E-state index contributed by atoms with van der Waals surface area (Å²) in [5.41, 5.74) is 9.47. The maximum absolute atomic E-state index is 12.1. The molecule has 3 aromatic rings. The van der Waals surface area contributed by atoms with Gasteiger partial charge < -0.3 is 5.73 Å². The van der Waals surface area contributed by atoms with Crippen LogP contribution in [0.15, 0.2) is 48.5 Å². The van der Waals surface area contributed by atoms with E-state index in [4.69, 9.17) is 5.73 Å². The van der Waals surface area contributed by atoms with Crippen LogP contribution >= 0.6 is 0 Å². The number of hydrogen-bond acceptors (Lipinski definition) is 4. The van der Waals surface area contributed by atoms with Crippen LogP contribution in [0.4, 0.5) is 11.6 Å². The highest BCUT2D eigenvalue weighted by Crippen LogP contribution is 2.25. The Bertz CT molecular complexity index is 889. The van der Waals surface area contributed by atoms with Crippen molar-refractivity contribution in [1.29, 1.82) is 0 Å². The van der Waals surface area contributed by atoms with E-state index in [1.54, 1.807) is 12.1 Å². The summed E-state index contributed by atoms with van der Waals surface area (Å²) < 4.78 is 0. The third-order valence-electron chi connectivity index (χ3n) is 4.11. The average Bonchev–Trinajstić information content (AvgIpc) is 3.04. The topological polar surface area (TPSA) is 96.7 Å². The van der Waals surface area contributed by atoms with Crippen molar-refractivity contribution >= 4 is 17.5 Å². The number of nitrogens with zero attached hydrogens (tertiary/aromatic N) is 2. The van der Waals surface area contributed by atoms with Crippen LogP contribution in [0.3, 0.4) is 0 Å². The van der Waals surface area contributed by atoms with Crippen LogP contribution in [0.5, 0.6) is 0 Å². The van der Waals surface area contributed by atoms with Gasteiger partial charge in [-0.05, 0) is 28.7 Å². The van der Waals surface area contributed by atoms with Gasteiger partial charge in [0.1, 0.15) is 0 Å². The Balaban J connectivity index is 1.66. The number of amides is 1. The number of nitrogens with one attached hydrogen (secondary N) is 2. The lowest BCUT2D eigenvalue weighted by Gasteiger charge is -2.18. The smallest absolute Gasteiger partial charge is 0.249 e. The zero-order valence-electron chi connectivity index (χ0n) is 15.2. The summed E-state index contributed by atoms with van der Waals surface area (Å²) in [4.78, 5) is 16.5. The average molecular weight is 349 g/mol. The number of rotatable bonds is 4. The molecule has 0 spiro atoms. The first-order valence-corrected chi connectivity index (χ1v) is 8.49. The van der Waals surface area contributed by atoms with Crippen molar-refractivity contribution in [1.82, 2.24) is 15.2 Å². The Morgan fingerprint density at radius 2 is 1.73 bits per heavy atom. The second-order valence-electron chi connectivity index (χ2n) is 7.30. The Morgan fingerprint density at radius 3 is 2.35 bits per heavy atom. The van der Waals surface area contributed by atoms with Gasteiger partial charge in [0, 0.05) is 11.3 Å². The van der Waals surface area contributed by atoms with Crippen LogP contribution in [0.25, 0.3) is 11.4 Å². The molecule has 0 saturated carbocycles. The highest BCUT2D eigenvalue weighted by atomic mass is 16.1. The summed E-state index contributed by atoms with van der Waals surface area (Å²) in [6, 6.07) is 15.4. The van der Waals surface area contributed by atoms with Gasteiger partial charge in [-0.3, -0.25) is 15.2 Å². The molecule has 6 heteroatoms. The molecular formula is C20H23N5O. The van der Waals surface area contributed by atoms with Crippen LogP contribution in [-0.2, 0) is 16.6 Å². The standard InChI is InChI=1S/C20H23N5O/c1-20(2,3)15-8-6-14(7-9-15)18-23-19(25-24-18)22-17(26)12-13-4-10-16(21)11-5-13/h4-11H,12,21H2,1-3H3,(H2,22,23,24,25,26). The zero-order chi connectivity index (χ0) is 18.7. The Labute approximate surface area is 152 Å². The molecule has 0 aliphatic heterocycles. The predicted octanol–water partition coefficient (Wildman–Crippen LogP) is 3.53. The van der Waals surface area contributed by atoms with Crippen molar-refractivity contribution in [2.75, 3.05) is 11.1 Å². The SMILES string of the molecule is CC(C)(C)c1ccc(-c2nc(NC(=O)Cc3ccc(N)cc3)n[nH]2)cc1. The summed E-state index contributed by atoms with van der Waals surface area (Å²) in [6.45, 7) is 6.52. The Hall–Kier alpha value is -3.15. The maximum Gasteiger partial charge on any atom is 0.249 e. The molecule has 0 unspecified atom stereocenters. The molecule has 4 N–H and O–H groups in total. The molecule has 134 valence electrons. The number of carbonyl (C=O) groups excluding carboxylic acids is 1. The summed E-state index contributed by atoms with van der Waals surface area (Å²) in [7, 11) is 0. The van der Waals surface area contributed by atoms with Crippen molar-refractivity contribution in [2.45, 2.75) is 32.6 Å². The molecule has 0 aliphatic carbocycles. The lowest BCUT2D eigenvalue weighted by Crippen LogP contribution is -2.15. The fraction of sp³-hybridized carbons (Fsp3) is 0.250. The number of aromatic amines is 1. The van der Waals surface area contributed by atoms with Gasteiger partial charge in [-0.15, -0.1) is 5.10 Å². The molecule has 0 aliphatic rings. The van der Waals surface area contributed by atoms with E-state index in [0.29, 0.717) is 11.5 Å². The highest BCUT2D eigenvalue weighted by Gasteiger charge is 2.14. The van der Waals surface area contributed by atoms with E-state index in [0.717, 1.165) is 11.1 Å². The van der Waals surface area contributed by atoms with E-state index >= 15 is 0 Å². The molecular weight excluding hydrogens is 326 g/mol. The van der Waals surface area contributed by atoms with Gasteiger partial charge in [0.2, 0.25) is 11.9 Å². The van der Waals surface area contributed by atoms with Crippen LogP contribution in [-0.4, -0.2) is 21.1 Å². The molecule has 2 aromatic carbocycles. The number of anilines is 2. The number of nitrogen functional groups attached to an aromatic ring is 1. The largest absolute Gasteiger partial charge is 0.399 e. The first-order valence-electron chi connectivity index (χ1n) is 8.49. The van der Waals surface area contributed by atoms with Crippen LogP contribution < -0.4 is 11.1 Å². The molecule has 3 rings (SSSR count). The molecule has 1 heterocycles. The fourth-order valence-corrected chi connectivity index (χ4v) is 2.56. The molecule has 0 radical (unpaired) electrons. The van der Waals surface area contributed by atoms with Gasteiger partial charge in [0.25, 0.3) is 0 Å². The Kier molecular flexibility index (Phi) is 4.75. The Morgan fingerprint density at radius 1 is 1.08 bits per heavy atom. The number of benzene rings is 2. The molecule has 6 nitrogen and oxygen atoms in total. The monoisotopic (exact) mass is 349 g/mol. The minimum Gasteiger partial charge on any atom is -0.399 e. The number of nitrogens with two attached hydrogens (primary N) is 1. The third kappa shape index (κ3) is 4.27. The van der Waals surface area contributed by atoms with Crippen molar-refractivity contribution < 1.29 is 4.79 Å². The van der Waals surface area contributed by atoms with Crippen molar-refractivity contribution in [3.8, 4) is 11.4 Å². The lowest BCUT2D eigenvalue weighted by molar-refractivity contribution is -0.115. The quantitative estimate of drug-likeness (QED) is 0.628. The first kappa shape index (κ1) is 17.7. The van der Waals surface area contributed by atoms with Crippen LogP contribution in [0.1, 0.15) is 31.9 Å². The summed E-state index contributed by atoms with van der Waals surface area (Å²) in [5, 5.41) is 9.64. The molecule has 0 fully saturated rings. The molecule has 0 bridgehead atoms. The molecule has 0 atom stereocenters. The minimum atomic E-state index is -0.177. The lowest BCUT2D eigenvalue weighted by atomic mass is 9.87. The summed E-state index contributed by atoms with van der Waals surface area (Å²) in [5.74, 6) is 0.706. The number of H-pyrrole nitrogens is 1. The van der Waals surface area contributed by atoms with Gasteiger partial charge in [-0.2, -0.15) is 4.98 Å². The van der Waals surface area contributed by atoms with E-state index < -0.39 is 0 Å². The predicted molar refractivity (Wildman–Crippen MR) is 104 cm³/mol. The highest BCUT2D eigenvalue weighted by molar-refractivity contribution is 5.90. The van der Waals surface area contributed by atoms with Crippen LogP contribution in [0.2, 0.25) is 0 Å². The van der Waals surface area contributed by atoms with E-state index in [2.05, 4.69) is 53.4 Å². The number of aromatic nitrogens is 3. The van der Waals surface area contributed by atoms with Gasteiger partial charge in [-0.1, -0.05) is 57.2 Å². The van der Waals surface area contributed by atoms with E-state index in [-0.39, 0.29) is 23.7 Å². The molecule has 1 amide bonds. The molecule has 26 heavy (non-hydrogen) atoms. The van der Waals surface area contributed by atoms with Gasteiger partial charge in [0.15, 0.2) is 5.82 Å². The molecule has 1 aromatic heterocycles. The zero-order valence-corrected chi connectivity index (χ0v) is 15.2. The van der Waals surface area contributed by atoms with Gasteiger partial charge >= 0.3 is 0 Å². The number of hydrogen-bond donors (Lipinski definition) is 3. The minimum absolute atomic E-state index is 0.0984. The van der Waals surface area contributed by atoms with Crippen molar-refractivity contribution in [3.63, 3.8) is 0 Å². The number of carbonyl (C=O) groups is 1. The van der Waals surface area contributed by atoms with Gasteiger partial charge in [-0.25, -0.2) is 0 Å². The second-order valence-corrected chi connectivity index (χ2v) is 7.30. The van der Waals surface area contributed by atoms with E-state index in [1.165, 1.54) is 5.56 Å². The maximum atomic E-state index is 12.1. The normalized spacial score (nSPS) is 11.3. The second kappa shape index (κ2) is 7.00. The van der Waals surface area contributed by atoms with Crippen molar-refractivity contribution in [2.24, 2.45) is 0 Å². The summed E-state index contributed by atoms with van der Waals surface area (Å²) >= 11 is 0. The van der Waals surface area contributed by atoms with Crippen LogP contribution in [0, 0.1) is 0 Å². The molecule has 0 saturated heterocycles. The van der Waals surface area contributed by atoms with E-state index in [1.807, 2.05) is 24.3 Å². The van der Waals surface area contributed by atoms with Crippen molar-refractivity contribution in [3.05, 3.63) is 59.7 Å². The van der Waals surface area contributed by atoms with Gasteiger partial charge in [0.05, 0.1) is 6.42 Å². The van der Waals surface area contributed by atoms with E-state index in [9.17, 15) is 4.79 Å².